The number of carbonyl (C=O) groups excluding carboxylic acids is 1. The first-order valence-corrected chi connectivity index (χ1v) is 4.20. The second-order valence-electron chi connectivity index (χ2n) is 2.05. The van der Waals surface area contributed by atoms with Gasteiger partial charge >= 0.3 is 5.30 Å². The summed E-state index contributed by atoms with van der Waals surface area (Å²) in [5, 5.41) is -0.383. The molecule has 0 unspecified atom stereocenters. The molecule has 0 aliphatic rings. The Kier molecular flexibility index (Phi) is 4.15. The molecule has 0 aliphatic carbocycles. The molecule has 10 heavy (non-hydrogen) atoms. The average molecular weight is 182 g/mol. The lowest BCUT2D eigenvalue weighted by Gasteiger charge is -2.16. The van der Waals surface area contributed by atoms with Crippen molar-refractivity contribution in [2.24, 2.45) is 0 Å². The van der Waals surface area contributed by atoms with E-state index >= 15 is 0 Å². The van der Waals surface area contributed by atoms with Crippen molar-refractivity contribution in [1.82, 2.24) is 0 Å². The third-order valence-electron chi connectivity index (χ3n) is 0.716. The third-order valence-corrected chi connectivity index (χ3v) is 2.45. The maximum absolute atomic E-state index is 10.6. The lowest BCUT2D eigenvalue weighted by Crippen LogP contribution is -2.11. The molecular weight excluding hydrogens is 172 g/mol. The normalized spacial score (nSPS) is 11.2. The van der Waals surface area contributed by atoms with Gasteiger partial charge in [0.25, 0.3) is 0 Å². The van der Waals surface area contributed by atoms with E-state index < -0.39 is 4.08 Å². The van der Waals surface area contributed by atoms with E-state index in [0.29, 0.717) is 12.0 Å². The average Bonchev–Trinajstić information content (AvgIpc) is 1.87. The summed E-state index contributed by atoms with van der Waals surface area (Å²) < 4.78 is 12.5. The van der Waals surface area contributed by atoms with Gasteiger partial charge in [0.15, 0.2) is 0 Å². The van der Waals surface area contributed by atoms with Crippen LogP contribution in [0.3, 0.4) is 0 Å². The van der Waals surface area contributed by atoms with Crippen molar-refractivity contribution in [3.05, 3.63) is 0 Å². The highest BCUT2D eigenvalue weighted by Crippen LogP contribution is 2.34. The van der Waals surface area contributed by atoms with Gasteiger partial charge in [0.2, 0.25) is 0 Å². The Hall–Kier alpha value is 0.130. The summed E-state index contributed by atoms with van der Waals surface area (Å²) in [6.07, 6.45) is 0. The van der Waals surface area contributed by atoms with Crippen molar-refractivity contribution in [2.75, 3.05) is 7.11 Å². The van der Waals surface area contributed by atoms with Crippen LogP contribution in [0.2, 0.25) is 0 Å². The molecule has 0 radical (unpaired) electrons. The predicted molar refractivity (Wildman–Crippen MR) is 44.3 cm³/mol. The molecule has 3 nitrogen and oxygen atoms in total. The smallest absolute Gasteiger partial charge is 0.368 e. The minimum absolute atomic E-state index is 0.383. The first kappa shape index (κ1) is 10.1. The van der Waals surface area contributed by atoms with E-state index in [-0.39, 0.29) is 5.30 Å². The van der Waals surface area contributed by atoms with Crippen LogP contribution in [0.1, 0.15) is 13.8 Å². The van der Waals surface area contributed by atoms with Gasteiger partial charge in [-0.25, -0.2) is 4.79 Å². The number of thioether (sulfide) groups is 1. The van der Waals surface area contributed by atoms with Gasteiger partial charge in [0, 0.05) is 12.0 Å². The first-order chi connectivity index (χ1) is 4.52. The summed E-state index contributed by atoms with van der Waals surface area (Å²) in [6.45, 7) is 3.47. The van der Waals surface area contributed by atoms with E-state index in [0.717, 1.165) is 11.8 Å². The van der Waals surface area contributed by atoms with Crippen molar-refractivity contribution in [1.29, 1.82) is 0 Å². The molecule has 0 spiro atoms. The molecule has 0 fully saturated rings. The van der Waals surface area contributed by atoms with Crippen LogP contribution in [0.15, 0.2) is 0 Å². The second kappa shape index (κ2) is 4.10. The zero-order valence-corrected chi connectivity index (χ0v) is 7.71. The number of hydrogen-bond donors (Lipinski definition) is 1. The number of ether oxygens (including phenoxy) is 1. The Morgan fingerprint density at radius 1 is 1.60 bits per heavy atom. The molecule has 0 rings (SSSR count). The first-order valence-electron chi connectivity index (χ1n) is 2.61. The van der Waals surface area contributed by atoms with Gasteiger partial charge in [-0.15, -0.1) is 0 Å². The molecule has 0 amide bonds. The van der Waals surface area contributed by atoms with E-state index in [1.807, 2.05) is 0 Å². The zero-order valence-electron chi connectivity index (χ0n) is 6.08. The van der Waals surface area contributed by atoms with Crippen LogP contribution in [-0.4, -0.2) is 21.0 Å². The Labute approximate surface area is 68.7 Å². The number of methoxy groups -OCH3 is 1. The van der Waals surface area contributed by atoms with Gasteiger partial charge in [0.1, 0.15) is 0 Å². The minimum atomic E-state index is -0.521. The molecule has 0 bridgehead atoms. The highest BCUT2D eigenvalue weighted by Gasteiger charge is 2.23. The van der Waals surface area contributed by atoms with Crippen molar-refractivity contribution in [3.63, 3.8) is 0 Å². The van der Waals surface area contributed by atoms with Crippen molar-refractivity contribution in [2.45, 2.75) is 17.9 Å². The van der Waals surface area contributed by atoms with Gasteiger partial charge in [-0.3, -0.25) is 0 Å². The second-order valence-corrected chi connectivity index (χ2v) is 5.07. The van der Waals surface area contributed by atoms with Gasteiger partial charge < -0.3 is 9.29 Å². The maximum Gasteiger partial charge on any atom is 0.368 e. The molecule has 0 aromatic carbocycles. The molecule has 0 heterocycles. The fourth-order valence-corrected chi connectivity index (χ4v) is 1.10. The van der Waals surface area contributed by atoms with Crippen LogP contribution in [0.4, 0.5) is 4.79 Å². The van der Waals surface area contributed by atoms with Crippen LogP contribution in [0, 0.1) is 0 Å². The van der Waals surface area contributed by atoms with Gasteiger partial charge in [-0.2, -0.15) is 0 Å². The van der Waals surface area contributed by atoms with Crippen molar-refractivity contribution in [3.8, 4) is 0 Å². The molecule has 0 saturated carbocycles. The van der Waals surface area contributed by atoms with Crippen LogP contribution in [0.25, 0.3) is 0 Å². The van der Waals surface area contributed by atoms with Gasteiger partial charge in [0.05, 0.1) is 11.2 Å². The van der Waals surface area contributed by atoms with E-state index in [2.05, 4.69) is 4.74 Å². The van der Waals surface area contributed by atoms with Crippen LogP contribution in [-0.2, 0) is 4.74 Å². The number of carbonyl (C=O) groups is 1. The molecule has 60 valence electrons. The third kappa shape index (κ3) is 4.03. The zero-order chi connectivity index (χ0) is 8.20. The summed E-state index contributed by atoms with van der Waals surface area (Å²) in [6, 6.07) is 0. The van der Waals surface area contributed by atoms with Gasteiger partial charge in [-0.1, -0.05) is 0 Å². The Morgan fingerprint density at radius 3 is 2.40 bits per heavy atom. The highest BCUT2D eigenvalue weighted by atomic mass is 32.2. The lowest BCUT2D eigenvalue weighted by atomic mass is 10.5. The van der Waals surface area contributed by atoms with Crippen LogP contribution < -0.4 is 0 Å². The quantitative estimate of drug-likeness (QED) is 0.404. The largest absolute Gasteiger partial charge is 0.461 e. The molecule has 0 aromatic rings. The Bertz CT molecular complexity index is 124. The van der Waals surface area contributed by atoms with Crippen LogP contribution >= 0.6 is 23.8 Å². The highest BCUT2D eigenvalue weighted by molar-refractivity contribution is 8.24. The van der Waals surface area contributed by atoms with Crippen molar-refractivity contribution >= 4 is 29.1 Å². The summed E-state index contributed by atoms with van der Waals surface area (Å²) in [5.41, 5.74) is 0. The van der Waals surface area contributed by atoms with Crippen molar-refractivity contribution < 1.29 is 14.1 Å². The molecule has 0 aromatic heterocycles. The van der Waals surface area contributed by atoms with E-state index in [1.165, 1.54) is 7.11 Å². The number of hydrogen-bond acceptors (Lipinski definition) is 5. The fourth-order valence-electron chi connectivity index (χ4n) is 0.261. The minimum Gasteiger partial charge on any atom is -0.461 e. The summed E-state index contributed by atoms with van der Waals surface area (Å²) >= 11 is 1.59. The van der Waals surface area contributed by atoms with E-state index in [1.54, 1.807) is 13.8 Å². The lowest BCUT2D eigenvalue weighted by molar-refractivity contribution is 0.200. The monoisotopic (exact) mass is 182 g/mol. The predicted octanol–water partition coefficient (Wildman–Crippen LogP) is 2.43. The molecule has 0 atom stereocenters. The summed E-state index contributed by atoms with van der Waals surface area (Å²) in [5.74, 6) is 0. The molecule has 0 saturated heterocycles. The maximum atomic E-state index is 10.6. The Morgan fingerprint density at radius 2 is 2.10 bits per heavy atom. The molecule has 5 heteroatoms. The Balaban J connectivity index is 3.76. The fraction of sp³-hybridized carbons (Fsp3) is 0.800. The number of rotatable bonds is 2. The van der Waals surface area contributed by atoms with E-state index in [9.17, 15) is 4.79 Å². The van der Waals surface area contributed by atoms with Crippen LogP contribution in [0.5, 0.6) is 0 Å². The van der Waals surface area contributed by atoms with E-state index in [4.69, 9.17) is 4.55 Å². The molecule has 1 N–H and O–H groups in total. The van der Waals surface area contributed by atoms with Gasteiger partial charge in [-0.05, 0) is 25.6 Å². The molecule has 0 aliphatic heterocycles. The standard InChI is InChI=1S/C5H10O3S2/c1-5(2,10-7)9-4(6)8-3/h7H,1-3H3. The molecular formula is C5H10O3S2. The summed E-state index contributed by atoms with van der Waals surface area (Å²) in [7, 11) is 1.31. The summed E-state index contributed by atoms with van der Waals surface area (Å²) in [4.78, 5) is 10.6. The topological polar surface area (TPSA) is 46.5 Å². The SMILES string of the molecule is COC(=O)SC(C)(C)SO.